The van der Waals surface area contributed by atoms with Gasteiger partial charge in [0.05, 0.1) is 19.4 Å². The third kappa shape index (κ3) is 5.35. The van der Waals surface area contributed by atoms with E-state index in [0.717, 1.165) is 17.5 Å². The molecule has 1 fully saturated rings. The molecule has 1 aliphatic rings. The Balaban J connectivity index is 1.78. The first-order valence-corrected chi connectivity index (χ1v) is 9.05. The van der Waals surface area contributed by atoms with Gasteiger partial charge in [0.25, 0.3) is 5.91 Å². The van der Waals surface area contributed by atoms with E-state index in [-0.39, 0.29) is 16.9 Å². The van der Waals surface area contributed by atoms with Crippen molar-refractivity contribution in [3.63, 3.8) is 0 Å². The molecule has 3 rings (SSSR count). The van der Waals surface area contributed by atoms with Gasteiger partial charge in [-0.05, 0) is 24.3 Å². The van der Waals surface area contributed by atoms with Crippen LogP contribution in [0.3, 0.4) is 0 Å². The molecule has 1 atom stereocenters. The maximum Gasteiger partial charge on any atom is 0.280 e. The number of carbonyl (C=O) groups is 1. The Morgan fingerprint density at radius 2 is 2.30 bits per heavy atom. The van der Waals surface area contributed by atoms with E-state index in [1.807, 2.05) is 0 Å². The Kier molecular flexibility index (Phi) is 6.50. The standard InChI is InChI=1S/C18H18FN3O4S/c1-2-8-25-13-5-3-12(4-6-13)16(22-26-14-7-9-24-11-14)17(23)21-18-20-10-15(19)27-18/h2-6,10,14H,1,7-9,11H2,(H,20,21,23)/t14-/m1/s1. The molecule has 0 radical (unpaired) electrons. The summed E-state index contributed by atoms with van der Waals surface area (Å²) in [4.78, 5) is 21.9. The lowest BCUT2D eigenvalue weighted by molar-refractivity contribution is -0.110. The fourth-order valence-corrected chi connectivity index (χ4v) is 2.82. The van der Waals surface area contributed by atoms with E-state index in [1.165, 1.54) is 0 Å². The van der Waals surface area contributed by atoms with Crippen molar-refractivity contribution in [3.05, 3.63) is 53.8 Å². The number of oxime groups is 1. The SMILES string of the molecule is C=CCOc1ccc(C(=NO[C@@H]2CCOC2)C(=O)Nc2ncc(F)s2)cc1. The van der Waals surface area contributed by atoms with Crippen molar-refractivity contribution in [1.29, 1.82) is 0 Å². The molecule has 0 aliphatic carbocycles. The number of aromatic nitrogens is 1. The molecule has 1 aromatic carbocycles. The number of hydrogen-bond acceptors (Lipinski definition) is 7. The van der Waals surface area contributed by atoms with Gasteiger partial charge < -0.3 is 14.3 Å². The smallest absolute Gasteiger partial charge is 0.280 e. The number of benzene rings is 1. The number of halogens is 1. The zero-order chi connectivity index (χ0) is 19.1. The first kappa shape index (κ1) is 19.0. The molecule has 9 heteroatoms. The first-order valence-electron chi connectivity index (χ1n) is 8.24. The number of ether oxygens (including phenoxy) is 2. The van der Waals surface area contributed by atoms with E-state index < -0.39 is 11.0 Å². The van der Waals surface area contributed by atoms with Crippen molar-refractivity contribution in [1.82, 2.24) is 4.98 Å². The molecular weight excluding hydrogens is 373 g/mol. The van der Waals surface area contributed by atoms with Crippen LogP contribution < -0.4 is 10.1 Å². The van der Waals surface area contributed by atoms with Gasteiger partial charge >= 0.3 is 0 Å². The third-order valence-corrected chi connectivity index (χ3v) is 4.29. The average Bonchev–Trinajstić information content (AvgIpc) is 3.33. The fraction of sp³-hybridized carbons (Fsp3) is 0.278. The zero-order valence-electron chi connectivity index (χ0n) is 14.4. The summed E-state index contributed by atoms with van der Waals surface area (Å²) >= 11 is 0.729. The predicted octanol–water partition coefficient (Wildman–Crippen LogP) is 3.00. The van der Waals surface area contributed by atoms with E-state index in [1.54, 1.807) is 30.3 Å². The minimum atomic E-state index is -0.553. The maximum atomic E-state index is 13.1. The zero-order valence-corrected chi connectivity index (χ0v) is 15.2. The highest BCUT2D eigenvalue weighted by Gasteiger charge is 2.21. The molecular formula is C18H18FN3O4S. The van der Waals surface area contributed by atoms with Gasteiger partial charge in [0.1, 0.15) is 12.4 Å². The van der Waals surface area contributed by atoms with E-state index in [2.05, 4.69) is 22.0 Å². The van der Waals surface area contributed by atoms with Crippen LogP contribution in [0.15, 0.2) is 48.3 Å². The van der Waals surface area contributed by atoms with Crippen LogP contribution in [0.1, 0.15) is 12.0 Å². The van der Waals surface area contributed by atoms with Gasteiger partial charge in [0.15, 0.2) is 22.1 Å². The Labute approximate surface area is 159 Å². The number of hydrogen-bond donors (Lipinski definition) is 1. The molecule has 7 nitrogen and oxygen atoms in total. The van der Waals surface area contributed by atoms with Crippen molar-refractivity contribution in [2.45, 2.75) is 12.5 Å². The molecule has 1 aromatic heterocycles. The Hall–Kier alpha value is -2.78. The van der Waals surface area contributed by atoms with Gasteiger partial charge in [0, 0.05) is 12.0 Å². The second-order valence-corrected chi connectivity index (χ2v) is 6.56. The van der Waals surface area contributed by atoms with Crippen molar-refractivity contribution in [2.75, 3.05) is 25.1 Å². The number of thiazole rings is 1. The van der Waals surface area contributed by atoms with Gasteiger partial charge in [-0.2, -0.15) is 4.39 Å². The van der Waals surface area contributed by atoms with Crippen LogP contribution in [-0.2, 0) is 14.4 Å². The van der Waals surface area contributed by atoms with Crippen LogP contribution in [0.25, 0.3) is 0 Å². The molecule has 27 heavy (non-hydrogen) atoms. The number of anilines is 1. The summed E-state index contributed by atoms with van der Waals surface area (Å²) < 4.78 is 23.8. The molecule has 2 heterocycles. The summed E-state index contributed by atoms with van der Waals surface area (Å²) in [7, 11) is 0. The summed E-state index contributed by atoms with van der Waals surface area (Å²) in [6, 6.07) is 6.80. The van der Waals surface area contributed by atoms with Crippen LogP contribution in [0.5, 0.6) is 5.75 Å². The third-order valence-electron chi connectivity index (χ3n) is 3.59. The molecule has 1 N–H and O–H groups in total. The Morgan fingerprint density at radius 1 is 1.48 bits per heavy atom. The van der Waals surface area contributed by atoms with E-state index in [9.17, 15) is 9.18 Å². The number of amides is 1. The van der Waals surface area contributed by atoms with Gasteiger partial charge in [-0.15, -0.1) is 0 Å². The molecule has 0 bridgehead atoms. The molecule has 0 saturated carbocycles. The first-order chi connectivity index (χ1) is 13.2. The van der Waals surface area contributed by atoms with Crippen molar-refractivity contribution in [2.24, 2.45) is 5.16 Å². The maximum absolute atomic E-state index is 13.1. The molecule has 1 saturated heterocycles. The second-order valence-electron chi connectivity index (χ2n) is 5.58. The molecule has 0 unspecified atom stereocenters. The van der Waals surface area contributed by atoms with Crippen LogP contribution in [0.4, 0.5) is 9.52 Å². The number of carbonyl (C=O) groups excluding carboxylic acids is 1. The molecule has 142 valence electrons. The molecule has 0 spiro atoms. The summed E-state index contributed by atoms with van der Waals surface area (Å²) in [5.41, 5.74) is 0.571. The number of rotatable bonds is 8. The lowest BCUT2D eigenvalue weighted by atomic mass is 10.1. The quantitative estimate of drug-likeness (QED) is 0.425. The van der Waals surface area contributed by atoms with Crippen molar-refractivity contribution < 1.29 is 23.5 Å². The normalized spacial score (nSPS) is 16.8. The average molecular weight is 391 g/mol. The van der Waals surface area contributed by atoms with Crippen LogP contribution in [0.2, 0.25) is 0 Å². The van der Waals surface area contributed by atoms with E-state index >= 15 is 0 Å². The highest BCUT2D eigenvalue weighted by Crippen LogP contribution is 2.18. The topological polar surface area (TPSA) is 82.0 Å². The fourth-order valence-electron chi connectivity index (χ4n) is 2.28. The van der Waals surface area contributed by atoms with Gasteiger partial charge in [-0.25, -0.2) is 4.98 Å². The molecule has 2 aromatic rings. The number of nitrogens with zero attached hydrogens (tertiary/aromatic N) is 2. The Bertz CT molecular complexity index is 816. The molecule has 1 amide bonds. The minimum absolute atomic E-state index is 0.0489. The monoisotopic (exact) mass is 391 g/mol. The summed E-state index contributed by atoms with van der Waals surface area (Å²) in [5, 5.41) is 6.19. The lowest BCUT2D eigenvalue weighted by Crippen LogP contribution is -2.25. The van der Waals surface area contributed by atoms with Crippen LogP contribution >= 0.6 is 11.3 Å². The second kappa shape index (κ2) is 9.24. The van der Waals surface area contributed by atoms with Gasteiger partial charge in [-0.3, -0.25) is 10.1 Å². The van der Waals surface area contributed by atoms with Gasteiger partial charge in [-0.1, -0.05) is 29.1 Å². The van der Waals surface area contributed by atoms with Crippen molar-refractivity contribution >= 4 is 28.1 Å². The summed E-state index contributed by atoms with van der Waals surface area (Å²) in [6.45, 7) is 4.98. The van der Waals surface area contributed by atoms with Gasteiger partial charge in [0.2, 0.25) is 0 Å². The van der Waals surface area contributed by atoms with E-state index in [0.29, 0.717) is 37.6 Å². The summed E-state index contributed by atoms with van der Waals surface area (Å²) in [6.07, 6.45) is 3.17. The Morgan fingerprint density at radius 3 is 2.93 bits per heavy atom. The predicted molar refractivity (Wildman–Crippen MR) is 99.7 cm³/mol. The van der Waals surface area contributed by atoms with E-state index in [4.69, 9.17) is 14.3 Å². The highest BCUT2D eigenvalue weighted by molar-refractivity contribution is 7.14. The number of nitrogens with one attached hydrogen (secondary N) is 1. The van der Waals surface area contributed by atoms with Crippen molar-refractivity contribution in [3.8, 4) is 5.75 Å². The highest BCUT2D eigenvalue weighted by atomic mass is 32.1. The lowest BCUT2D eigenvalue weighted by Gasteiger charge is -2.10. The van der Waals surface area contributed by atoms with Crippen LogP contribution in [-0.4, -0.2) is 42.5 Å². The molecule has 1 aliphatic heterocycles. The largest absolute Gasteiger partial charge is 0.490 e. The minimum Gasteiger partial charge on any atom is -0.490 e. The van der Waals surface area contributed by atoms with Crippen LogP contribution in [0, 0.1) is 5.13 Å². The summed E-state index contributed by atoms with van der Waals surface area (Å²) in [5.74, 6) is 0.0774.